The average molecular weight is 486 g/mol. The zero-order valence-corrected chi connectivity index (χ0v) is 19.5. The maximum Gasteiger partial charge on any atom is 0.356 e. The highest BCUT2D eigenvalue weighted by molar-refractivity contribution is 6.12. The number of fused-ring (bicyclic) bond motifs is 1. The molecule has 14 nitrogen and oxygen atoms in total. The number of aliphatic hydroxyl groups is 1. The molecule has 0 unspecified atom stereocenters. The fraction of sp³-hybridized carbons (Fsp3) is 0.600. The maximum atomic E-state index is 13.3. The lowest BCUT2D eigenvalue weighted by Crippen LogP contribution is -2.63. The number of hydrogen-bond acceptors (Lipinski definition) is 13. The molecule has 0 spiro atoms. The van der Waals surface area contributed by atoms with Crippen molar-refractivity contribution in [3.63, 3.8) is 0 Å². The molecule has 1 fully saturated rings. The lowest BCUT2D eigenvalue weighted by molar-refractivity contribution is -0.182. The molecular weight excluding hydrogens is 460 g/mol. The van der Waals surface area contributed by atoms with Gasteiger partial charge in [-0.25, -0.2) is 19.4 Å². The summed E-state index contributed by atoms with van der Waals surface area (Å²) in [5, 5.41) is 11.9. The summed E-state index contributed by atoms with van der Waals surface area (Å²) in [7, 11) is 3.91. The highest BCUT2D eigenvalue weighted by Crippen LogP contribution is 2.49. The van der Waals surface area contributed by atoms with Crippen molar-refractivity contribution >= 4 is 35.8 Å². The smallest absolute Gasteiger partial charge is 0.356 e. The fourth-order valence-electron chi connectivity index (χ4n) is 4.21. The van der Waals surface area contributed by atoms with Crippen molar-refractivity contribution in [3.05, 3.63) is 11.3 Å². The number of carbonyl (C=O) groups excluding carboxylic acids is 6. The van der Waals surface area contributed by atoms with Crippen LogP contribution in [0.2, 0.25) is 0 Å². The minimum absolute atomic E-state index is 0.474. The molecule has 4 atom stereocenters. The predicted octanol–water partition coefficient (Wildman–Crippen LogP) is -1.79. The Balaban J connectivity index is 2.96. The molecule has 188 valence electrons. The second-order valence-electron chi connectivity index (χ2n) is 7.45. The van der Waals surface area contributed by atoms with Gasteiger partial charge in [0.25, 0.3) is 0 Å². The van der Waals surface area contributed by atoms with E-state index < -0.39 is 83.7 Å². The van der Waals surface area contributed by atoms with Gasteiger partial charge in [0.2, 0.25) is 5.91 Å². The number of esters is 5. The first-order chi connectivity index (χ1) is 15.9. The molecule has 2 aliphatic heterocycles. The van der Waals surface area contributed by atoms with Crippen LogP contribution in [0.4, 0.5) is 0 Å². The lowest BCUT2D eigenvalue weighted by Gasteiger charge is -2.41. The molecule has 0 bridgehead atoms. The summed E-state index contributed by atoms with van der Waals surface area (Å²) >= 11 is 0. The summed E-state index contributed by atoms with van der Waals surface area (Å²) in [6.45, 7) is 2.33. The van der Waals surface area contributed by atoms with Crippen LogP contribution in [0.1, 0.15) is 26.7 Å². The number of amides is 1. The van der Waals surface area contributed by atoms with E-state index in [1.165, 1.54) is 6.92 Å². The van der Waals surface area contributed by atoms with Gasteiger partial charge in [-0.3, -0.25) is 14.4 Å². The van der Waals surface area contributed by atoms with E-state index in [9.17, 15) is 33.9 Å². The summed E-state index contributed by atoms with van der Waals surface area (Å²) in [4.78, 5) is 76.3. The highest BCUT2D eigenvalue weighted by Gasteiger charge is 2.69. The first-order valence-electron chi connectivity index (χ1n) is 9.96. The van der Waals surface area contributed by atoms with E-state index in [0.29, 0.717) is 5.01 Å². The molecule has 0 saturated carbocycles. The van der Waals surface area contributed by atoms with Crippen molar-refractivity contribution in [2.75, 3.05) is 28.4 Å². The molecule has 2 heterocycles. The van der Waals surface area contributed by atoms with Gasteiger partial charge < -0.3 is 28.8 Å². The van der Waals surface area contributed by atoms with E-state index in [1.54, 1.807) is 0 Å². The lowest BCUT2D eigenvalue weighted by atomic mass is 9.83. The average Bonchev–Trinajstić information content (AvgIpc) is 3.29. The number of aliphatic hydroxyl groups excluding tert-OH is 1. The number of hydrogen-bond donors (Lipinski definition) is 1. The van der Waals surface area contributed by atoms with Crippen LogP contribution in [0, 0.1) is 0 Å². The first-order valence-corrected chi connectivity index (χ1v) is 9.96. The maximum absolute atomic E-state index is 13.3. The second kappa shape index (κ2) is 10.2. The Morgan fingerprint density at radius 1 is 1.03 bits per heavy atom. The SMILES string of the molecule is COC(=O)C[C@]1(C(=O)OC)C(C(=O)OC)=C(C(=O)OC)N2C(=O)C[C@H]([C@@H](OC(C)=O)[C@H](C)O)N21. The Morgan fingerprint density at radius 3 is 2.06 bits per heavy atom. The summed E-state index contributed by atoms with van der Waals surface area (Å²) in [5.74, 6) is -6.32. The van der Waals surface area contributed by atoms with Crippen molar-refractivity contribution in [2.45, 2.75) is 50.5 Å². The number of carbonyl (C=O) groups is 6. The molecule has 1 saturated heterocycles. The Bertz CT molecular complexity index is 942. The van der Waals surface area contributed by atoms with Crippen molar-refractivity contribution in [3.8, 4) is 0 Å². The molecule has 0 aromatic carbocycles. The zero-order chi connectivity index (χ0) is 26.0. The van der Waals surface area contributed by atoms with Gasteiger partial charge in [-0.2, -0.15) is 5.01 Å². The Kier molecular flexibility index (Phi) is 8.00. The number of hydrazine groups is 1. The van der Waals surface area contributed by atoms with Gasteiger partial charge in [0.05, 0.1) is 47.0 Å². The van der Waals surface area contributed by atoms with E-state index >= 15 is 0 Å². The quantitative estimate of drug-likeness (QED) is 0.301. The van der Waals surface area contributed by atoms with Crippen molar-refractivity contribution in [1.82, 2.24) is 10.0 Å². The van der Waals surface area contributed by atoms with E-state index in [2.05, 4.69) is 0 Å². The van der Waals surface area contributed by atoms with E-state index in [-0.39, 0.29) is 0 Å². The van der Waals surface area contributed by atoms with Crippen LogP contribution in [0.5, 0.6) is 0 Å². The normalized spacial score (nSPS) is 23.7. The standard InChI is InChI=1S/C20H26N2O12/c1-9(23)16(34-10(2)24)11-7-12(25)21-15(18(28)32-5)14(17(27)31-4)20(22(11)21,19(29)33-6)8-13(26)30-3/h9,11,16,23H,7-8H2,1-6H3/t9-,11+,16-,20+/m0/s1. The third kappa shape index (κ3) is 4.21. The second-order valence-corrected chi connectivity index (χ2v) is 7.45. The van der Waals surface area contributed by atoms with Gasteiger partial charge in [-0.1, -0.05) is 0 Å². The Hall–Kier alpha value is -3.52. The Morgan fingerprint density at radius 2 is 1.62 bits per heavy atom. The highest BCUT2D eigenvalue weighted by atomic mass is 16.6. The molecular formula is C20H26N2O12. The molecule has 1 N–H and O–H groups in total. The van der Waals surface area contributed by atoms with Crippen LogP contribution in [-0.2, 0) is 52.5 Å². The fourth-order valence-corrected chi connectivity index (χ4v) is 4.21. The summed E-state index contributed by atoms with van der Waals surface area (Å²) in [6, 6.07) is -1.32. The van der Waals surface area contributed by atoms with Crippen LogP contribution in [0.25, 0.3) is 0 Å². The van der Waals surface area contributed by atoms with Crippen LogP contribution in [0.15, 0.2) is 11.3 Å². The third-order valence-electron chi connectivity index (χ3n) is 5.48. The van der Waals surface area contributed by atoms with Gasteiger partial charge in [0.1, 0.15) is 11.7 Å². The number of rotatable bonds is 8. The van der Waals surface area contributed by atoms with Gasteiger partial charge in [0.15, 0.2) is 11.2 Å². The molecule has 2 aliphatic rings. The monoisotopic (exact) mass is 486 g/mol. The van der Waals surface area contributed by atoms with Crippen molar-refractivity contribution in [2.24, 2.45) is 0 Å². The predicted molar refractivity (Wildman–Crippen MR) is 107 cm³/mol. The van der Waals surface area contributed by atoms with Crippen molar-refractivity contribution < 1.29 is 57.6 Å². The first kappa shape index (κ1) is 26.7. The van der Waals surface area contributed by atoms with E-state index in [4.69, 9.17) is 23.7 Å². The molecule has 1 amide bonds. The number of nitrogens with zero attached hydrogens (tertiary/aromatic N) is 2. The molecule has 0 aromatic rings. The summed E-state index contributed by atoms with van der Waals surface area (Å²) < 4.78 is 24.3. The van der Waals surface area contributed by atoms with Gasteiger partial charge >= 0.3 is 29.8 Å². The van der Waals surface area contributed by atoms with E-state index in [0.717, 1.165) is 40.4 Å². The molecule has 14 heteroatoms. The summed E-state index contributed by atoms with van der Waals surface area (Å²) in [6.07, 6.45) is -4.19. The zero-order valence-electron chi connectivity index (χ0n) is 19.5. The number of ether oxygens (including phenoxy) is 5. The van der Waals surface area contributed by atoms with Crippen LogP contribution >= 0.6 is 0 Å². The van der Waals surface area contributed by atoms with Gasteiger partial charge in [0, 0.05) is 13.3 Å². The van der Waals surface area contributed by atoms with Crippen LogP contribution < -0.4 is 0 Å². The Labute approximate surface area is 194 Å². The molecule has 2 rings (SSSR count). The van der Waals surface area contributed by atoms with Gasteiger partial charge in [-0.15, -0.1) is 0 Å². The molecule has 0 aliphatic carbocycles. The third-order valence-corrected chi connectivity index (χ3v) is 5.48. The number of methoxy groups -OCH3 is 4. The summed E-state index contributed by atoms with van der Waals surface area (Å²) in [5.41, 5.74) is -3.88. The minimum Gasteiger partial charge on any atom is -0.469 e. The minimum atomic E-state index is -2.47. The topological polar surface area (TPSA) is 175 Å². The molecule has 0 radical (unpaired) electrons. The van der Waals surface area contributed by atoms with E-state index in [1.807, 2.05) is 0 Å². The van der Waals surface area contributed by atoms with Gasteiger partial charge in [-0.05, 0) is 6.92 Å². The van der Waals surface area contributed by atoms with Crippen molar-refractivity contribution in [1.29, 1.82) is 0 Å². The largest absolute Gasteiger partial charge is 0.469 e. The molecule has 34 heavy (non-hydrogen) atoms. The van der Waals surface area contributed by atoms with Crippen LogP contribution in [0.3, 0.4) is 0 Å². The molecule has 0 aromatic heterocycles. The van der Waals surface area contributed by atoms with Crippen LogP contribution in [-0.4, -0.2) is 103 Å².